The number of carbonyl (C=O) groups excluding carboxylic acids is 1. The minimum absolute atomic E-state index is 0.372. The Balaban J connectivity index is 2.90. The number of rotatable bonds is 3. The van der Waals surface area contributed by atoms with Gasteiger partial charge in [0, 0.05) is 23.0 Å². The van der Waals surface area contributed by atoms with E-state index < -0.39 is 16.9 Å². The smallest absolute Gasteiger partial charge is 0.265 e. The van der Waals surface area contributed by atoms with Crippen LogP contribution in [0.5, 0.6) is 0 Å². The Bertz CT molecular complexity index is 375. The SMILES string of the molecule is CC(c1ccc(C(=O)NN)cc1)[N+](=O)[O-]. The normalized spacial score (nSPS) is 11.9. The highest BCUT2D eigenvalue weighted by Crippen LogP contribution is 2.15. The minimum atomic E-state index is -0.778. The van der Waals surface area contributed by atoms with E-state index in [4.69, 9.17) is 5.84 Å². The van der Waals surface area contributed by atoms with Crippen LogP contribution in [0, 0.1) is 10.1 Å². The van der Waals surface area contributed by atoms with Gasteiger partial charge in [0.2, 0.25) is 6.04 Å². The maximum absolute atomic E-state index is 11.1. The molecule has 0 aliphatic heterocycles. The first-order chi connectivity index (χ1) is 7.06. The van der Waals surface area contributed by atoms with Crippen molar-refractivity contribution in [1.29, 1.82) is 0 Å². The predicted molar refractivity (Wildman–Crippen MR) is 53.5 cm³/mol. The first kappa shape index (κ1) is 11.1. The average Bonchev–Trinajstić information content (AvgIpc) is 2.27. The molecule has 0 heterocycles. The topological polar surface area (TPSA) is 98.3 Å². The van der Waals surface area contributed by atoms with Crippen LogP contribution in [-0.2, 0) is 0 Å². The third kappa shape index (κ3) is 2.50. The lowest BCUT2D eigenvalue weighted by Crippen LogP contribution is -2.29. The second kappa shape index (κ2) is 4.52. The average molecular weight is 209 g/mol. The molecule has 1 rings (SSSR count). The molecular weight excluding hydrogens is 198 g/mol. The number of nitrogens with zero attached hydrogens (tertiary/aromatic N) is 1. The largest absolute Gasteiger partial charge is 0.290 e. The van der Waals surface area contributed by atoms with Gasteiger partial charge in [-0.25, -0.2) is 5.84 Å². The van der Waals surface area contributed by atoms with E-state index in [2.05, 4.69) is 0 Å². The van der Waals surface area contributed by atoms with Crippen LogP contribution in [0.4, 0.5) is 0 Å². The van der Waals surface area contributed by atoms with Gasteiger partial charge in [-0.2, -0.15) is 0 Å². The molecule has 0 bridgehead atoms. The summed E-state index contributed by atoms with van der Waals surface area (Å²) >= 11 is 0. The Hall–Kier alpha value is -1.95. The van der Waals surface area contributed by atoms with E-state index in [9.17, 15) is 14.9 Å². The fraction of sp³-hybridized carbons (Fsp3) is 0.222. The van der Waals surface area contributed by atoms with Crippen molar-refractivity contribution in [2.24, 2.45) is 5.84 Å². The number of hydrogen-bond donors (Lipinski definition) is 2. The molecule has 6 heteroatoms. The highest BCUT2D eigenvalue weighted by atomic mass is 16.6. The summed E-state index contributed by atoms with van der Waals surface area (Å²) < 4.78 is 0. The minimum Gasteiger partial charge on any atom is -0.290 e. The van der Waals surface area contributed by atoms with Crippen LogP contribution in [-0.4, -0.2) is 10.8 Å². The van der Waals surface area contributed by atoms with E-state index >= 15 is 0 Å². The summed E-state index contributed by atoms with van der Waals surface area (Å²) in [5.74, 6) is 4.52. The van der Waals surface area contributed by atoms with Gasteiger partial charge in [-0.1, -0.05) is 12.1 Å². The summed E-state index contributed by atoms with van der Waals surface area (Å²) in [6.07, 6.45) is 0. The van der Waals surface area contributed by atoms with Crippen molar-refractivity contribution < 1.29 is 9.72 Å². The third-order valence-electron chi connectivity index (χ3n) is 2.10. The number of benzene rings is 1. The predicted octanol–water partition coefficient (Wildman–Crippen LogP) is 0.628. The van der Waals surface area contributed by atoms with Gasteiger partial charge in [-0.05, 0) is 12.1 Å². The first-order valence-corrected chi connectivity index (χ1v) is 4.30. The van der Waals surface area contributed by atoms with Gasteiger partial charge >= 0.3 is 0 Å². The van der Waals surface area contributed by atoms with Crippen molar-refractivity contribution >= 4 is 5.91 Å². The Morgan fingerprint density at radius 3 is 2.40 bits per heavy atom. The van der Waals surface area contributed by atoms with Crippen molar-refractivity contribution in [2.45, 2.75) is 13.0 Å². The fourth-order valence-corrected chi connectivity index (χ4v) is 1.12. The second-order valence-corrected chi connectivity index (χ2v) is 3.06. The van der Waals surface area contributed by atoms with Crippen LogP contribution >= 0.6 is 0 Å². The number of carbonyl (C=O) groups is 1. The summed E-state index contributed by atoms with van der Waals surface area (Å²) in [5.41, 5.74) is 2.90. The van der Waals surface area contributed by atoms with E-state index in [1.807, 2.05) is 5.43 Å². The molecule has 1 unspecified atom stereocenters. The lowest BCUT2D eigenvalue weighted by atomic mass is 10.1. The van der Waals surface area contributed by atoms with Crippen molar-refractivity contribution in [1.82, 2.24) is 5.43 Å². The highest BCUT2D eigenvalue weighted by molar-refractivity contribution is 5.93. The van der Waals surface area contributed by atoms with E-state index in [0.29, 0.717) is 11.1 Å². The third-order valence-corrected chi connectivity index (χ3v) is 2.10. The maximum Gasteiger partial charge on any atom is 0.265 e. The molecule has 80 valence electrons. The Morgan fingerprint density at radius 1 is 1.47 bits per heavy atom. The van der Waals surface area contributed by atoms with Crippen molar-refractivity contribution in [3.05, 3.63) is 45.5 Å². The van der Waals surface area contributed by atoms with E-state index in [-0.39, 0.29) is 0 Å². The summed E-state index contributed by atoms with van der Waals surface area (Å²) in [4.78, 5) is 21.1. The van der Waals surface area contributed by atoms with E-state index in [1.54, 1.807) is 0 Å². The van der Waals surface area contributed by atoms with Crippen molar-refractivity contribution in [3.63, 3.8) is 0 Å². The molecule has 0 radical (unpaired) electrons. The van der Waals surface area contributed by atoms with Gasteiger partial charge in [0.15, 0.2) is 0 Å². The number of nitrogens with two attached hydrogens (primary N) is 1. The molecular formula is C9H11N3O3. The first-order valence-electron chi connectivity index (χ1n) is 4.30. The zero-order valence-electron chi connectivity index (χ0n) is 8.14. The number of nitro groups is 1. The van der Waals surface area contributed by atoms with Gasteiger partial charge in [0.1, 0.15) is 0 Å². The molecule has 0 saturated carbocycles. The molecule has 0 aliphatic rings. The Morgan fingerprint density at radius 2 is 2.00 bits per heavy atom. The second-order valence-electron chi connectivity index (χ2n) is 3.06. The lowest BCUT2D eigenvalue weighted by Gasteiger charge is -2.04. The van der Waals surface area contributed by atoms with E-state index in [0.717, 1.165) is 0 Å². The zero-order valence-corrected chi connectivity index (χ0v) is 8.14. The van der Waals surface area contributed by atoms with Crippen LogP contribution in [0.25, 0.3) is 0 Å². The molecule has 15 heavy (non-hydrogen) atoms. The molecule has 1 atom stereocenters. The molecule has 0 aromatic heterocycles. The maximum atomic E-state index is 11.1. The van der Waals surface area contributed by atoms with E-state index in [1.165, 1.54) is 31.2 Å². The fourth-order valence-electron chi connectivity index (χ4n) is 1.12. The van der Waals surface area contributed by atoms with Gasteiger partial charge < -0.3 is 0 Å². The molecule has 1 aromatic carbocycles. The molecule has 6 nitrogen and oxygen atoms in total. The Labute approximate surface area is 86.2 Å². The van der Waals surface area contributed by atoms with Gasteiger partial charge in [-0.3, -0.25) is 20.3 Å². The van der Waals surface area contributed by atoms with Crippen LogP contribution in [0.2, 0.25) is 0 Å². The molecule has 1 aromatic rings. The summed E-state index contributed by atoms with van der Waals surface area (Å²) in [6, 6.07) is 5.30. The van der Waals surface area contributed by atoms with Gasteiger partial charge in [0.25, 0.3) is 5.91 Å². The van der Waals surface area contributed by atoms with Crippen LogP contribution in [0.3, 0.4) is 0 Å². The summed E-state index contributed by atoms with van der Waals surface area (Å²) in [5, 5.41) is 10.5. The molecule has 0 aliphatic carbocycles. The zero-order chi connectivity index (χ0) is 11.4. The highest BCUT2D eigenvalue weighted by Gasteiger charge is 2.15. The van der Waals surface area contributed by atoms with Crippen molar-refractivity contribution in [2.75, 3.05) is 0 Å². The van der Waals surface area contributed by atoms with Crippen molar-refractivity contribution in [3.8, 4) is 0 Å². The number of hydrogen-bond acceptors (Lipinski definition) is 4. The number of hydrazine groups is 1. The molecule has 1 amide bonds. The van der Waals surface area contributed by atoms with Gasteiger partial charge in [0.05, 0.1) is 0 Å². The monoisotopic (exact) mass is 209 g/mol. The molecule has 0 spiro atoms. The molecule has 0 saturated heterocycles. The standard InChI is InChI=1S/C9H11N3O3/c1-6(12(14)15)7-2-4-8(5-3-7)9(13)11-10/h2-6H,10H2,1H3,(H,11,13). The number of nitrogens with one attached hydrogen (secondary N) is 1. The quantitative estimate of drug-likeness (QED) is 0.330. The molecule has 0 fully saturated rings. The summed E-state index contributed by atoms with van der Waals surface area (Å²) in [7, 11) is 0. The Kier molecular flexibility index (Phi) is 3.35. The lowest BCUT2D eigenvalue weighted by molar-refractivity contribution is -0.524. The van der Waals surface area contributed by atoms with Gasteiger partial charge in [-0.15, -0.1) is 0 Å². The van der Waals surface area contributed by atoms with Crippen LogP contribution < -0.4 is 11.3 Å². The van der Waals surface area contributed by atoms with Crippen LogP contribution in [0.15, 0.2) is 24.3 Å². The molecule has 3 N–H and O–H groups in total. The summed E-state index contributed by atoms with van der Waals surface area (Å²) in [6.45, 7) is 1.48. The number of nitrogen functional groups attached to an aromatic ring is 1. The number of amides is 1. The van der Waals surface area contributed by atoms with Crippen LogP contribution in [0.1, 0.15) is 28.9 Å².